The van der Waals surface area contributed by atoms with E-state index in [2.05, 4.69) is 4.74 Å². The van der Waals surface area contributed by atoms with E-state index in [1.807, 2.05) is 0 Å². The number of hydrogen-bond donors (Lipinski definition) is 2. The van der Waals surface area contributed by atoms with Crippen molar-refractivity contribution in [3.63, 3.8) is 0 Å². The maximum atomic E-state index is 10.3. The Morgan fingerprint density at radius 2 is 2.30 bits per heavy atom. The third-order valence-electron chi connectivity index (χ3n) is 0.981. The standard InChI is InChI=1S/C6H12O4/c1-5(8)6(9)4-10-3-2-7/h6-7,9H,2-4H2,1H3. The first-order chi connectivity index (χ1) is 4.68. The van der Waals surface area contributed by atoms with E-state index in [4.69, 9.17) is 10.2 Å². The van der Waals surface area contributed by atoms with Crippen LogP contribution in [-0.4, -0.2) is 41.9 Å². The third kappa shape index (κ3) is 4.43. The number of Topliss-reactive ketones (excluding diaryl/α,β-unsaturated/α-hetero) is 1. The van der Waals surface area contributed by atoms with E-state index in [0.717, 1.165) is 0 Å². The van der Waals surface area contributed by atoms with Crippen LogP contribution >= 0.6 is 0 Å². The van der Waals surface area contributed by atoms with Crippen molar-refractivity contribution in [1.82, 2.24) is 0 Å². The van der Waals surface area contributed by atoms with Crippen molar-refractivity contribution in [3.8, 4) is 0 Å². The van der Waals surface area contributed by atoms with Crippen molar-refractivity contribution in [3.05, 3.63) is 0 Å². The summed E-state index contributed by atoms with van der Waals surface area (Å²) >= 11 is 0. The maximum Gasteiger partial charge on any atom is 0.160 e. The summed E-state index contributed by atoms with van der Waals surface area (Å²) in [5, 5.41) is 17.0. The summed E-state index contributed by atoms with van der Waals surface area (Å²) in [6.45, 7) is 1.32. The number of ketones is 1. The van der Waals surface area contributed by atoms with Crippen molar-refractivity contribution in [2.75, 3.05) is 19.8 Å². The van der Waals surface area contributed by atoms with E-state index in [1.54, 1.807) is 0 Å². The predicted molar refractivity (Wildman–Crippen MR) is 34.6 cm³/mol. The molecule has 1 unspecified atom stereocenters. The van der Waals surface area contributed by atoms with E-state index >= 15 is 0 Å². The zero-order valence-electron chi connectivity index (χ0n) is 5.91. The van der Waals surface area contributed by atoms with Crippen LogP contribution in [0.3, 0.4) is 0 Å². The molecule has 0 saturated heterocycles. The average Bonchev–Trinajstić information content (AvgIpc) is 1.88. The van der Waals surface area contributed by atoms with Crippen molar-refractivity contribution >= 4 is 5.78 Å². The van der Waals surface area contributed by atoms with E-state index in [0.29, 0.717) is 0 Å². The Morgan fingerprint density at radius 3 is 2.70 bits per heavy atom. The van der Waals surface area contributed by atoms with Crippen LogP contribution in [0.15, 0.2) is 0 Å². The van der Waals surface area contributed by atoms with Gasteiger partial charge in [0.1, 0.15) is 6.10 Å². The molecule has 4 nitrogen and oxygen atoms in total. The molecule has 0 heterocycles. The molecule has 2 N–H and O–H groups in total. The highest BCUT2D eigenvalue weighted by Crippen LogP contribution is 1.85. The zero-order valence-corrected chi connectivity index (χ0v) is 5.91. The molecule has 4 heteroatoms. The van der Waals surface area contributed by atoms with Gasteiger partial charge in [0, 0.05) is 0 Å². The lowest BCUT2D eigenvalue weighted by Gasteiger charge is -2.05. The first-order valence-electron chi connectivity index (χ1n) is 3.05. The molecule has 0 bridgehead atoms. The fraction of sp³-hybridized carbons (Fsp3) is 0.833. The quantitative estimate of drug-likeness (QED) is 0.488. The maximum absolute atomic E-state index is 10.3. The van der Waals surface area contributed by atoms with Crippen LogP contribution in [0.5, 0.6) is 0 Å². The minimum Gasteiger partial charge on any atom is -0.394 e. The van der Waals surface area contributed by atoms with Gasteiger partial charge in [-0.1, -0.05) is 0 Å². The molecule has 0 aliphatic rings. The van der Waals surface area contributed by atoms with Crippen molar-refractivity contribution in [2.24, 2.45) is 0 Å². The topological polar surface area (TPSA) is 66.8 Å². The number of aliphatic hydroxyl groups excluding tert-OH is 2. The largest absolute Gasteiger partial charge is 0.394 e. The smallest absolute Gasteiger partial charge is 0.160 e. The van der Waals surface area contributed by atoms with E-state index in [9.17, 15) is 4.79 Å². The summed E-state index contributed by atoms with van der Waals surface area (Å²) in [5.74, 6) is -0.321. The van der Waals surface area contributed by atoms with Crippen molar-refractivity contribution in [1.29, 1.82) is 0 Å². The Labute approximate surface area is 59.4 Å². The molecule has 0 saturated carbocycles. The summed E-state index contributed by atoms with van der Waals surface area (Å²) in [7, 11) is 0. The van der Waals surface area contributed by atoms with Gasteiger partial charge in [0.05, 0.1) is 19.8 Å². The molecule has 0 fully saturated rings. The molecule has 0 amide bonds. The number of aliphatic hydroxyl groups is 2. The predicted octanol–water partition coefficient (Wildman–Crippen LogP) is -1.05. The Bertz CT molecular complexity index is 102. The lowest BCUT2D eigenvalue weighted by atomic mass is 10.3. The highest BCUT2D eigenvalue weighted by molar-refractivity contribution is 5.80. The molecule has 1 atom stereocenters. The molecule has 0 rings (SSSR count). The molecule has 10 heavy (non-hydrogen) atoms. The van der Waals surface area contributed by atoms with Gasteiger partial charge in [-0.15, -0.1) is 0 Å². The van der Waals surface area contributed by atoms with Gasteiger partial charge in [-0.05, 0) is 6.92 Å². The second kappa shape index (κ2) is 5.34. The van der Waals surface area contributed by atoms with Gasteiger partial charge in [-0.3, -0.25) is 4.79 Å². The fourth-order valence-electron chi connectivity index (χ4n) is 0.377. The summed E-state index contributed by atoms with van der Waals surface area (Å²) in [5.41, 5.74) is 0. The molecule has 0 radical (unpaired) electrons. The summed E-state index contributed by atoms with van der Waals surface area (Å²) in [6, 6.07) is 0. The Hall–Kier alpha value is -0.450. The number of carbonyl (C=O) groups excluding carboxylic acids is 1. The van der Waals surface area contributed by atoms with Crippen molar-refractivity contribution < 1.29 is 19.7 Å². The molecule has 0 aliphatic carbocycles. The van der Waals surface area contributed by atoms with Crippen LogP contribution in [0.25, 0.3) is 0 Å². The van der Waals surface area contributed by atoms with Gasteiger partial charge in [0.2, 0.25) is 0 Å². The molecular formula is C6H12O4. The molecule has 0 spiro atoms. The van der Waals surface area contributed by atoms with Crippen LogP contribution < -0.4 is 0 Å². The minimum absolute atomic E-state index is 0.0319. The summed E-state index contributed by atoms with van der Waals surface area (Å²) in [4.78, 5) is 10.3. The van der Waals surface area contributed by atoms with Gasteiger partial charge >= 0.3 is 0 Å². The third-order valence-corrected chi connectivity index (χ3v) is 0.981. The van der Waals surface area contributed by atoms with E-state index in [-0.39, 0.29) is 25.6 Å². The number of carbonyl (C=O) groups is 1. The Morgan fingerprint density at radius 1 is 1.70 bits per heavy atom. The van der Waals surface area contributed by atoms with Gasteiger partial charge in [0.25, 0.3) is 0 Å². The van der Waals surface area contributed by atoms with Crippen LogP contribution in [0.4, 0.5) is 0 Å². The van der Waals surface area contributed by atoms with Crippen LogP contribution in [0.1, 0.15) is 6.92 Å². The molecule has 60 valence electrons. The van der Waals surface area contributed by atoms with E-state index in [1.165, 1.54) is 6.92 Å². The van der Waals surface area contributed by atoms with Gasteiger partial charge < -0.3 is 14.9 Å². The minimum atomic E-state index is -1.05. The fourth-order valence-corrected chi connectivity index (χ4v) is 0.377. The molecule has 0 aromatic heterocycles. The average molecular weight is 148 g/mol. The Balaban J connectivity index is 3.21. The summed E-state index contributed by atoms with van der Waals surface area (Å²) < 4.78 is 4.69. The highest BCUT2D eigenvalue weighted by atomic mass is 16.5. The lowest BCUT2D eigenvalue weighted by molar-refractivity contribution is -0.128. The normalized spacial score (nSPS) is 13.1. The number of ether oxygens (including phenoxy) is 1. The van der Waals surface area contributed by atoms with Gasteiger partial charge in [-0.2, -0.15) is 0 Å². The number of rotatable bonds is 5. The highest BCUT2D eigenvalue weighted by Gasteiger charge is 2.08. The van der Waals surface area contributed by atoms with Gasteiger partial charge in [0.15, 0.2) is 5.78 Å². The molecular weight excluding hydrogens is 136 g/mol. The van der Waals surface area contributed by atoms with Gasteiger partial charge in [-0.25, -0.2) is 0 Å². The second-order valence-electron chi connectivity index (χ2n) is 1.92. The van der Waals surface area contributed by atoms with Crippen LogP contribution in [0.2, 0.25) is 0 Å². The van der Waals surface area contributed by atoms with Crippen LogP contribution in [0, 0.1) is 0 Å². The molecule has 0 aliphatic heterocycles. The van der Waals surface area contributed by atoms with E-state index < -0.39 is 6.10 Å². The zero-order chi connectivity index (χ0) is 7.98. The molecule has 0 aromatic rings. The second-order valence-corrected chi connectivity index (χ2v) is 1.92. The SMILES string of the molecule is CC(=O)C(O)COCCO. The summed E-state index contributed by atoms with van der Waals surface area (Å²) in [6.07, 6.45) is -1.05. The van der Waals surface area contributed by atoms with Crippen molar-refractivity contribution in [2.45, 2.75) is 13.0 Å². The van der Waals surface area contributed by atoms with Crippen LogP contribution in [-0.2, 0) is 9.53 Å². The molecule has 0 aromatic carbocycles. The number of hydrogen-bond acceptors (Lipinski definition) is 4. The lowest BCUT2D eigenvalue weighted by Crippen LogP contribution is -2.24. The first-order valence-corrected chi connectivity index (χ1v) is 3.05. The first kappa shape index (κ1) is 9.55. The Kier molecular flexibility index (Phi) is 5.10. The monoisotopic (exact) mass is 148 g/mol.